The Morgan fingerprint density at radius 1 is 1.44 bits per heavy atom. The Morgan fingerprint density at radius 3 is 2.72 bits per heavy atom. The van der Waals surface area contributed by atoms with E-state index in [1.165, 1.54) is 19.3 Å². The van der Waals surface area contributed by atoms with Gasteiger partial charge in [-0.1, -0.05) is 18.0 Å². The van der Waals surface area contributed by atoms with Gasteiger partial charge >= 0.3 is 0 Å². The van der Waals surface area contributed by atoms with Crippen LogP contribution in [0.15, 0.2) is 0 Å². The molecule has 0 saturated heterocycles. The van der Waals surface area contributed by atoms with Crippen molar-refractivity contribution in [2.75, 3.05) is 0 Å². The smallest absolute Gasteiger partial charge is 0.0848 e. The summed E-state index contributed by atoms with van der Waals surface area (Å²) >= 11 is 6.29. The lowest BCUT2D eigenvalue weighted by Crippen LogP contribution is -2.19. The number of aliphatic hydroxyl groups is 1. The number of aromatic nitrogens is 2. The number of fused-ring (bicyclic) bond motifs is 1. The number of nitrogens with zero attached hydrogens (tertiary/aromatic N) is 2. The van der Waals surface area contributed by atoms with Gasteiger partial charge in [-0.2, -0.15) is 5.10 Å². The van der Waals surface area contributed by atoms with Crippen LogP contribution >= 0.6 is 11.6 Å². The molecule has 0 aromatic carbocycles. The van der Waals surface area contributed by atoms with Gasteiger partial charge < -0.3 is 5.11 Å². The van der Waals surface area contributed by atoms with Gasteiger partial charge in [-0.15, -0.1) is 0 Å². The Hall–Kier alpha value is -0.540. The van der Waals surface area contributed by atoms with Crippen LogP contribution in [-0.4, -0.2) is 21.0 Å². The molecule has 1 N–H and O–H groups in total. The minimum Gasteiger partial charge on any atom is -0.392 e. The lowest BCUT2D eigenvalue weighted by atomic mass is 10.0. The molecule has 3 unspecified atom stereocenters. The van der Waals surface area contributed by atoms with E-state index in [1.54, 1.807) is 0 Å². The third kappa shape index (κ3) is 1.88. The first-order valence-electron chi connectivity index (χ1n) is 7.03. The summed E-state index contributed by atoms with van der Waals surface area (Å²) in [5, 5.41) is 15.5. The Kier molecular flexibility index (Phi) is 3.15. The lowest BCUT2D eigenvalue weighted by Gasteiger charge is -2.13. The largest absolute Gasteiger partial charge is 0.392 e. The summed E-state index contributed by atoms with van der Waals surface area (Å²) in [6.45, 7) is 4.80. The van der Waals surface area contributed by atoms with Crippen LogP contribution in [-0.2, 0) is 13.0 Å². The SMILES string of the molecule is CCn1nc(C)c(Cl)c1CC(O)C1C2CCCC21. The zero-order valence-corrected chi connectivity index (χ0v) is 11.8. The second-order valence-corrected chi connectivity index (χ2v) is 6.15. The topological polar surface area (TPSA) is 38.0 Å². The third-order valence-electron chi connectivity index (χ3n) is 4.77. The van der Waals surface area contributed by atoms with Crippen LogP contribution in [0.5, 0.6) is 0 Å². The molecule has 2 fully saturated rings. The molecule has 4 heteroatoms. The zero-order valence-electron chi connectivity index (χ0n) is 11.1. The molecule has 1 aromatic rings. The molecule has 3 nitrogen and oxygen atoms in total. The minimum absolute atomic E-state index is 0.237. The van der Waals surface area contributed by atoms with Crippen LogP contribution in [0.1, 0.15) is 37.6 Å². The highest BCUT2D eigenvalue weighted by molar-refractivity contribution is 6.31. The van der Waals surface area contributed by atoms with Crippen molar-refractivity contribution in [3.63, 3.8) is 0 Å². The standard InChI is InChI=1S/C14H21ClN2O/c1-3-17-11(14(15)8(2)16-17)7-12(18)13-9-5-4-6-10(9)13/h9-10,12-13,18H,3-7H2,1-2H3. The predicted molar refractivity (Wildman–Crippen MR) is 71.7 cm³/mol. The molecule has 0 radical (unpaired) electrons. The quantitative estimate of drug-likeness (QED) is 0.912. The van der Waals surface area contributed by atoms with E-state index in [0.717, 1.165) is 34.8 Å². The Labute approximate surface area is 113 Å². The van der Waals surface area contributed by atoms with Gasteiger partial charge in [0.25, 0.3) is 0 Å². The van der Waals surface area contributed by atoms with Crippen molar-refractivity contribution in [1.82, 2.24) is 9.78 Å². The van der Waals surface area contributed by atoms with Crippen molar-refractivity contribution >= 4 is 11.6 Å². The molecule has 1 heterocycles. The van der Waals surface area contributed by atoms with Gasteiger partial charge in [0.2, 0.25) is 0 Å². The molecule has 1 aromatic heterocycles. The molecule has 3 atom stereocenters. The van der Waals surface area contributed by atoms with Gasteiger partial charge in [-0.25, -0.2) is 0 Å². The van der Waals surface area contributed by atoms with Gasteiger partial charge in [0.1, 0.15) is 0 Å². The highest BCUT2D eigenvalue weighted by Crippen LogP contribution is 2.59. The van der Waals surface area contributed by atoms with E-state index in [9.17, 15) is 5.11 Å². The first-order chi connectivity index (χ1) is 8.63. The maximum atomic E-state index is 10.4. The first-order valence-corrected chi connectivity index (χ1v) is 7.41. The summed E-state index contributed by atoms with van der Waals surface area (Å²) < 4.78 is 1.93. The second kappa shape index (κ2) is 4.53. The normalized spacial score (nSPS) is 31.4. The summed E-state index contributed by atoms with van der Waals surface area (Å²) in [6.07, 6.45) is 4.40. The Balaban J connectivity index is 1.72. The van der Waals surface area contributed by atoms with Crippen LogP contribution in [0.25, 0.3) is 0 Å². The number of halogens is 1. The maximum Gasteiger partial charge on any atom is 0.0848 e. The number of hydrogen-bond acceptors (Lipinski definition) is 2. The minimum atomic E-state index is -0.237. The third-order valence-corrected chi connectivity index (χ3v) is 5.26. The van der Waals surface area contributed by atoms with Gasteiger partial charge in [0.05, 0.1) is 22.5 Å². The molecule has 2 aliphatic rings. The fraction of sp³-hybridized carbons (Fsp3) is 0.786. The molecular formula is C14H21ClN2O. The van der Waals surface area contributed by atoms with Gasteiger partial charge in [-0.3, -0.25) is 4.68 Å². The average Bonchev–Trinajstić information content (AvgIpc) is 2.71. The van der Waals surface area contributed by atoms with Gasteiger partial charge in [0, 0.05) is 13.0 Å². The average molecular weight is 269 g/mol. The Morgan fingerprint density at radius 2 is 2.11 bits per heavy atom. The monoisotopic (exact) mass is 268 g/mol. The fourth-order valence-electron chi connectivity index (χ4n) is 3.85. The molecule has 2 aliphatic carbocycles. The van der Waals surface area contributed by atoms with Crippen molar-refractivity contribution in [2.24, 2.45) is 17.8 Å². The van der Waals surface area contributed by atoms with E-state index in [0.29, 0.717) is 12.3 Å². The maximum absolute atomic E-state index is 10.4. The number of aryl methyl sites for hydroxylation is 2. The highest BCUT2D eigenvalue weighted by Gasteiger charge is 2.55. The summed E-state index contributed by atoms with van der Waals surface area (Å²) in [7, 11) is 0. The van der Waals surface area contributed by atoms with Crippen molar-refractivity contribution < 1.29 is 5.11 Å². The van der Waals surface area contributed by atoms with Crippen LogP contribution in [0.3, 0.4) is 0 Å². The molecule has 0 spiro atoms. The number of aliphatic hydroxyl groups excluding tert-OH is 1. The molecular weight excluding hydrogens is 248 g/mol. The zero-order chi connectivity index (χ0) is 12.9. The van der Waals surface area contributed by atoms with E-state index < -0.39 is 0 Å². The van der Waals surface area contributed by atoms with Crippen molar-refractivity contribution in [1.29, 1.82) is 0 Å². The highest BCUT2D eigenvalue weighted by atomic mass is 35.5. The van der Waals surface area contributed by atoms with Gasteiger partial charge in [0.15, 0.2) is 0 Å². The van der Waals surface area contributed by atoms with Crippen LogP contribution in [0.2, 0.25) is 5.02 Å². The van der Waals surface area contributed by atoms with Crippen molar-refractivity contribution in [2.45, 2.75) is 52.2 Å². The molecule has 0 amide bonds. The van der Waals surface area contributed by atoms with Crippen LogP contribution in [0.4, 0.5) is 0 Å². The summed E-state index contributed by atoms with van der Waals surface area (Å²) in [6, 6.07) is 0. The second-order valence-electron chi connectivity index (χ2n) is 5.77. The predicted octanol–water partition coefficient (Wildman–Crippen LogP) is 2.81. The summed E-state index contributed by atoms with van der Waals surface area (Å²) in [5.41, 5.74) is 1.88. The first kappa shape index (κ1) is 12.5. The van der Waals surface area contributed by atoms with E-state index in [1.807, 2.05) is 11.6 Å². The molecule has 18 heavy (non-hydrogen) atoms. The molecule has 3 rings (SSSR count). The molecule has 0 aliphatic heterocycles. The van der Waals surface area contributed by atoms with Gasteiger partial charge in [-0.05, 0) is 44.4 Å². The Bertz CT molecular complexity index is 447. The van der Waals surface area contributed by atoms with E-state index >= 15 is 0 Å². The van der Waals surface area contributed by atoms with E-state index in [2.05, 4.69) is 12.0 Å². The summed E-state index contributed by atoms with van der Waals surface area (Å²) in [5.74, 6) is 2.10. The molecule has 2 saturated carbocycles. The molecule has 0 bridgehead atoms. The summed E-state index contributed by atoms with van der Waals surface area (Å²) in [4.78, 5) is 0. The van der Waals surface area contributed by atoms with Crippen molar-refractivity contribution in [3.8, 4) is 0 Å². The lowest BCUT2D eigenvalue weighted by molar-refractivity contribution is 0.133. The van der Waals surface area contributed by atoms with Crippen LogP contribution < -0.4 is 0 Å². The molecule has 100 valence electrons. The number of rotatable bonds is 4. The van der Waals surface area contributed by atoms with E-state index in [-0.39, 0.29) is 6.10 Å². The van der Waals surface area contributed by atoms with Crippen molar-refractivity contribution in [3.05, 3.63) is 16.4 Å². The number of hydrogen-bond donors (Lipinski definition) is 1. The fourth-order valence-corrected chi connectivity index (χ4v) is 4.06. The van der Waals surface area contributed by atoms with Crippen LogP contribution in [0, 0.1) is 24.7 Å². The van der Waals surface area contributed by atoms with E-state index in [4.69, 9.17) is 11.6 Å².